The van der Waals surface area contributed by atoms with E-state index in [2.05, 4.69) is 5.32 Å². The zero-order chi connectivity index (χ0) is 9.40. The third-order valence-electron chi connectivity index (χ3n) is 1.55. The molecule has 0 saturated carbocycles. The third kappa shape index (κ3) is 6.12. The molecular weight excluding hydrogens is 158 g/mol. The van der Waals surface area contributed by atoms with E-state index >= 15 is 0 Å². The second kappa shape index (κ2) is 7.06. The lowest BCUT2D eigenvalue weighted by molar-refractivity contribution is -0.121. The maximum atomic E-state index is 10.7. The van der Waals surface area contributed by atoms with E-state index in [9.17, 15) is 9.90 Å². The monoisotopic (exact) mass is 175 g/mol. The van der Waals surface area contributed by atoms with Crippen molar-refractivity contribution in [3.05, 3.63) is 0 Å². The first kappa shape index (κ1) is 11.4. The second-order valence-corrected chi connectivity index (χ2v) is 2.68. The van der Waals surface area contributed by atoms with Crippen molar-refractivity contribution in [3.8, 4) is 0 Å². The number of aliphatic hydroxyl groups excluding tert-OH is 2. The second-order valence-electron chi connectivity index (χ2n) is 2.68. The van der Waals surface area contributed by atoms with E-state index in [1.165, 1.54) is 0 Å². The van der Waals surface area contributed by atoms with E-state index in [0.717, 1.165) is 0 Å². The molecule has 0 bridgehead atoms. The SMILES string of the molecule is CCC(=O)NC[C@H](O)CCCO. The van der Waals surface area contributed by atoms with Crippen LogP contribution in [0.4, 0.5) is 0 Å². The van der Waals surface area contributed by atoms with Gasteiger partial charge in [-0.1, -0.05) is 6.92 Å². The highest BCUT2D eigenvalue weighted by atomic mass is 16.3. The zero-order valence-electron chi connectivity index (χ0n) is 7.42. The summed E-state index contributed by atoms with van der Waals surface area (Å²) in [6.07, 6.45) is 1.00. The van der Waals surface area contributed by atoms with E-state index in [-0.39, 0.29) is 19.1 Å². The molecule has 1 atom stereocenters. The van der Waals surface area contributed by atoms with Gasteiger partial charge >= 0.3 is 0 Å². The predicted molar refractivity (Wildman–Crippen MR) is 45.6 cm³/mol. The third-order valence-corrected chi connectivity index (χ3v) is 1.55. The standard InChI is InChI=1S/C8H17NO3/c1-2-8(12)9-6-7(11)4-3-5-10/h7,10-11H,2-6H2,1H3,(H,9,12)/t7-/m1/s1. The van der Waals surface area contributed by atoms with Gasteiger partial charge in [-0.3, -0.25) is 4.79 Å². The van der Waals surface area contributed by atoms with Crippen LogP contribution in [0.25, 0.3) is 0 Å². The Morgan fingerprint density at radius 3 is 2.75 bits per heavy atom. The lowest BCUT2D eigenvalue weighted by atomic mass is 10.2. The van der Waals surface area contributed by atoms with E-state index in [4.69, 9.17) is 5.11 Å². The summed E-state index contributed by atoms with van der Waals surface area (Å²) in [5.41, 5.74) is 0. The van der Waals surface area contributed by atoms with Crippen LogP contribution in [0.3, 0.4) is 0 Å². The first-order valence-corrected chi connectivity index (χ1v) is 4.26. The molecular formula is C8H17NO3. The Hall–Kier alpha value is -0.610. The van der Waals surface area contributed by atoms with Gasteiger partial charge in [0.1, 0.15) is 0 Å². The van der Waals surface area contributed by atoms with Crippen LogP contribution in [0.2, 0.25) is 0 Å². The Bertz CT molecular complexity index is 127. The minimum Gasteiger partial charge on any atom is -0.396 e. The van der Waals surface area contributed by atoms with Crippen molar-refractivity contribution >= 4 is 5.91 Å². The predicted octanol–water partition coefficient (Wildman–Crippen LogP) is -0.354. The van der Waals surface area contributed by atoms with Gasteiger partial charge < -0.3 is 15.5 Å². The maximum absolute atomic E-state index is 10.7. The molecule has 0 aliphatic rings. The Balaban J connectivity index is 3.30. The Kier molecular flexibility index (Phi) is 6.70. The molecule has 0 aromatic heterocycles. The summed E-state index contributed by atoms with van der Waals surface area (Å²) >= 11 is 0. The average Bonchev–Trinajstić information content (AvgIpc) is 2.10. The quantitative estimate of drug-likeness (QED) is 0.516. The van der Waals surface area contributed by atoms with Crippen LogP contribution in [0.1, 0.15) is 26.2 Å². The van der Waals surface area contributed by atoms with Gasteiger partial charge in [-0.05, 0) is 12.8 Å². The lowest BCUT2D eigenvalue weighted by Gasteiger charge is -2.09. The molecule has 0 fully saturated rings. The van der Waals surface area contributed by atoms with Gasteiger partial charge in [0.05, 0.1) is 6.10 Å². The number of nitrogens with one attached hydrogen (secondary N) is 1. The molecule has 0 aliphatic carbocycles. The first-order chi connectivity index (χ1) is 5.70. The highest BCUT2D eigenvalue weighted by molar-refractivity contribution is 5.75. The van der Waals surface area contributed by atoms with Crippen molar-refractivity contribution in [1.29, 1.82) is 0 Å². The summed E-state index contributed by atoms with van der Waals surface area (Å²) < 4.78 is 0. The Morgan fingerprint density at radius 1 is 1.58 bits per heavy atom. The van der Waals surface area contributed by atoms with Crippen molar-refractivity contribution in [2.24, 2.45) is 0 Å². The number of aliphatic hydroxyl groups is 2. The summed E-state index contributed by atoms with van der Waals surface area (Å²) in [5.74, 6) is -0.0574. The summed E-state index contributed by atoms with van der Waals surface area (Å²) in [7, 11) is 0. The first-order valence-electron chi connectivity index (χ1n) is 4.26. The van der Waals surface area contributed by atoms with E-state index < -0.39 is 6.10 Å². The molecule has 4 nitrogen and oxygen atoms in total. The molecule has 0 unspecified atom stereocenters. The van der Waals surface area contributed by atoms with Crippen LogP contribution in [0.5, 0.6) is 0 Å². The molecule has 0 aliphatic heterocycles. The lowest BCUT2D eigenvalue weighted by Crippen LogP contribution is -2.31. The minimum atomic E-state index is -0.535. The summed E-state index contributed by atoms with van der Waals surface area (Å²) in [4.78, 5) is 10.7. The number of carbonyl (C=O) groups excluding carboxylic acids is 1. The van der Waals surface area contributed by atoms with Gasteiger partial charge in [0, 0.05) is 19.6 Å². The summed E-state index contributed by atoms with van der Waals surface area (Å²) in [6, 6.07) is 0. The fraction of sp³-hybridized carbons (Fsp3) is 0.875. The maximum Gasteiger partial charge on any atom is 0.219 e. The molecule has 3 N–H and O–H groups in total. The van der Waals surface area contributed by atoms with Crippen LogP contribution in [-0.4, -0.2) is 35.4 Å². The van der Waals surface area contributed by atoms with Crippen molar-refractivity contribution in [3.63, 3.8) is 0 Å². The van der Waals surface area contributed by atoms with Crippen LogP contribution < -0.4 is 5.32 Å². The van der Waals surface area contributed by atoms with Gasteiger partial charge in [-0.15, -0.1) is 0 Å². The molecule has 12 heavy (non-hydrogen) atoms. The summed E-state index contributed by atoms with van der Waals surface area (Å²) in [6.45, 7) is 2.13. The molecule has 0 aromatic rings. The highest BCUT2D eigenvalue weighted by Gasteiger charge is 2.04. The van der Waals surface area contributed by atoms with E-state index in [1.807, 2.05) is 0 Å². The number of carbonyl (C=O) groups is 1. The molecule has 0 rings (SSSR count). The van der Waals surface area contributed by atoms with Gasteiger partial charge in [-0.25, -0.2) is 0 Å². The largest absolute Gasteiger partial charge is 0.396 e. The fourth-order valence-corrected chi connectivity index (χ4v) is 0.786. The van der Waals surface area contributed by atoms with Crippen molar-refractivity contribution in [1.82, 2.24) is 5.32 Å². The van der Waals surface area contributed by atoms with E-state index in [0.29, 0.717) is 19.3 Å². The van der Waals surface area contributed by atoms with Crippen molar-refractivity contribution in [2.45, 2.75) is 32.3 Å². The van der Waals surface area contributed by atoms with Gasteiger partial charge in [0.2, 0.25) is 5.91 Å². The molecule has 72 valence electrons. The Morgan fingerprint density at radius 2 is 2.25 bits per heavy atom. The zero-order valence-corrected chi connectivity index (χ0v) is 7.42. The van der Waals surface area contributed by atoms with Gasteiger partial charge in [-0.2, -0.15) is 0 Å². The minimum absolute atomic E-state index is 0.0574. The van der Waals surface area contributed by atoms with E-state index in [1.54, 1.807) is 6.92 Å². The normalized spacial score (nSPS) is 12.6. The smallest absolute Gasteiger partial charge is 0.219 e. The van der Waals surface area contributed by atoms with Gasteiger partial charge in [0.15, 0.2) is 0 Å². The fourth-order valence-electron chi connectivity index (χ4n) is 0.786. The van der Waals surface area contributed by atoms with Crippen LogP contribution in [-0.2, 0) is 4.79 Å². The number of hydrogen-bond acceptors (Lipinski definition) is 3. The number of amides is 1. The van der Waals surface area contributed by atoms with Crippen LogP contribution in [0.15, 0.2) is 0 Å². The van der Waals surface area contributed by atoms with Crippen molar-refractivity contribution in [2.75, 3.05) is 13.2 Å². The number of hydrogen-bond donors (Lipinski definition) is 3. The van der Waals surface area contributed by atoms with Crippen molar-refractivity contribution < 1.29 is 15.0 Å². The summed E-state index contributed by atoms with van der Waals surface area (Å²) in [5, 5.41) is 20.2. The molecule has 1 amide bonds. The number of rotatable bonds is 6. The van der Waals surface area contributed by atoms with Gasteiger partial charge in [0.25, 0.3) is 0 Å². The molecule has 4 heteroatoms. The molecule has 0 saturated heterocycles. The molecule has 0 aromatic carbocycles. The van der Waals surface area contributed by atoms with Crippen LogP contribution in [0, 0.1) is 0 Å². The highest BCUT2D eigenvalue weighted by Crippen LogP contribution is 1.94. The molecule has 0 spiro atoms. The average molecular weight is 175 g/mol. The van der Waals surface area contributed by atoms with Crippen LogP contribution >= 0.6 is 0 Å². The molecule has 0 radical (unpaired) electrons. The Labute approximate surface area is 72.6 Å². The topological polar surface area (TPSA) is 69.6 Å². The molecule has 0 heterocycles.